The monoisotopic (exact) mass is 231 g/mol. The summed E-state index contributed by atoms with van der Waals surface area (Å²) in [5.74, 6) is 0.0117. The summed E-state index contributed by atoms with van der Waals surface area (Å²) in [5, 5.41) is 12.2. The Morgan fingerprint density at radius 2 is 2.50 bits per heavy atom. The summed E-state index contributed by atoms with van der Waals surface area (Å²) in [6, 6.07) is 0. The molecule has 2 unspecified atom stereocenters. The molecule has 0 spiro atoms. The van der Waals surface area contributed by atoms with Crippen LogP contribution in [0.4, 0.5) is 0 Å². The van der Waals surface area contributed by atoms with Gasteiger partial charge in [0, 0.05) is 20.3 Å². The van der Waals surface area contributed by atoms with Gasteiger partial charge < -0.3 is 19.9 Å². The largest absolute Gasteiger partial charge is 0.391 e. The summed E-state index contributed by atoms with van der Waals surface area (Å²) in [5.41, 5.74) is 0. The number of aliphatic hydroxyl groups excluding tert-OH is 1. The predicted molar refractivity (Wildman–Crippen MR) is 59.1 cm³/mol. The lowest BCUT2D eigenvalue weighted by molar-refractivity contribution is -0.129. The minimum Gasteiger partial charge on any atom is -0.391 e. The standard InChI is InChI=1S/C11H21NO4/c1-15-8-10(13)4-5-12-11(14)9-3-2-6-16-7-9/h9-10,13H,2-8H2,1H3,(H,12,14). The first-order chi connectivity index (χ1) is 7.74. The lowest BCUT2D eigenvalue weighted by Crippen LogP contribution is -2.37. The molecule has 0 bridgehead atoms. The highest BCUT2D eigenvalue weighted by Crippen LogP contribution is 2.13. The van der Waals surface area contributed by atoms with E-state index in [0.29, 0.717) is 26.2 Å². The molecule has 0 aromatic heterocycles. The van der Waals surface area contributed by atoms with Gasteiger partial charge in [0.25, 0.3) is 0 Å². The Balaban J connectivity index is 2.09. The molecule has 0 radical (unpaired) electrons. The summed E-state index contributed by atoms with van der Waals surface area (Å²) in [7, 11) is 1.54. The molecule has 5 heteroatoms. The number of carbonyl (C=O) groups excluding carboxylic acids is 1. The van der Waals surface area contributed by atoms with Crippen molar-refractivity contribution >= 4 is 5.91 Å². The Morgan fingerprint density at radius 3 is 3.12 bits per heavy atom. The normalized spacial score (nSPS) is 22.8. The molecule has 2 atom stereocenters. The van der Waals surface area contributed by atoms with Crippen molar-refractivity contribution in [1.82, 2.24) is 5.32 Å². The summed E-state index contributed by atoms with van der Waals surface area (Å²) in [6.07, 6.45) is 1.86. The highest BCUT2D eigenvalue weighted by Gasteiger charge is 2.21. The molecule has 0 aromatic carbocycles. The number of amides is 1. The van der Waals surface area contributed by atoms with E-state index < -0.39 is 6.10 Å². The Kier molecular flexibility index (Phi) is 6.37. The maximum absolute atomic E-state index is 11.6. The third-order valence-electron chi connectivity index (χ3n) is 2.67. The van der Waals surface area contributed by atoms with E-state index in [-0.39, 0.29) is 11.8 Å². The maximum atomic E-state index is 11.6. The molecular weight excluding hydrogens is 210 g/mol. The van der Waals surface area contributed by atoms with Crippen molar-refractivity contribution in [2.24, 2.45) is 5.92 Å². The fraction of sp³-hybridized carbons (Fsp3) is 0.909. The van der Waals surface area contributed by atoms with Gasteiger partial charge in [-0.1, -0.05) is 0 Å². The maximum Gasteiger partial charge on any atom is 0.225 e. The highest BCUT2D eigenvalue weighted by molar-refractivity contribution is 5.78. The van der Waals surface area contributed by atoms with Crippen LogP contribution in [0.3, 0.4) is 0 Å². The molecule has 1 heterocycles. The van der Waals surface area contributed by atoms with Gasteiger partial charge in [0.05, 0.1) is 25.2 Å². The van der Waals surface area contributed by atoms with Gasteiger partial charge in [-0.05, 0) is 19.3 Å². The summed E-state index contributed by atoms with van der Waals surface area (Å²) in [4.78, 5) is 11.6. The van der Waals surface area contributed by atoms with E-state index in [9.17, 15) is 9.90 Å². The molecule has 94 valence electrons. The zero-order valence-electron chi connectivity index (χ0n) is 9.78. The second-order valence-corrected chi connectivity index (χ2v) is 4.10. The molecule has 0 saturated carbocycles. The molecule has 2 N–H and O–H groups in total. The lowest BCUT2D eigenvalue weighted by atomic mass is 10.0. The molecule has 1 aliphatic rings. The molecule has 5 nitrogen and oxygen atoms in total. The van der Waals surface area contributed by atoms with Crippen LogP contribution in [0, 0.1) is 5.92 Å². The Labute approximate surface area is 96.1 Å². The average molecular weight is 231 g/mol. The number of nitrogens with one attached hydrogen (secondary N) is 1. The molecule has 0 aliphatic carbocycles. The lowest BCUT2D eigenvalue weighted by Gasteiger charge is -2.21. The van der Waals surface area contributed by atoms with Crippen molar-refractivity contribution < 1.29 is 19.4 Å². The minimum absolute atomic E-state index is 0.0201. The number of carbonyl (C=O) groups is 1. The van der Waals surface area contributed by atoms with Crippen LogP contribution >= 0.6 is 0 Å². The van der Waals surface area contributed by atoms with E-state index in [1.54, 1.807) is 7.11 Å². The van der Waals surface area contributed by atoms with E-state index in [1.165, 1.54) is 0 Å². The Bertz CT molecular complexity index is 204. The molecule has 1 amide bonds. The summed E-state index contributed by atoms with van der Waals surface area (Å²) >= 11 is 0. The number of ether oxygens (including phenoxy) is 2. The van der Waals surface area contributed by atoms with E-state index >= 15 is 0 Å². The third kappa shape index (κ3) is 4.92. The molecule has 1 saturated heterocycles. The van der Waals surface area contributed by atoms with E-state index in [2.05, 4.69) is 5.32 Å². The molecule has 0 aromatic rings. The number of hydrogen-bond donors (Lipinski definition) is 2. The predicted octanol–water partition coefficient (Wildman–Crippen LogP) is -0.0734. The number of hydrogen-bond acceptors (Lipinski definition) is 4. The zero-order valence-corrected chi connectivity index (χ0v) is 9.78. The molecular formula is C11H21NO4. The van der Waals surface area contributed by atoms with Gasteiger partial charge in [-0.25, -0.2) is 0 Å². The van der Waals surface area contributed by atoms with Crippen LogP contribution in [0.5, 0.6) is 0 Å². The van der Waals surface area contributed by atoms with Gasteiger partial charge in [0.15, 0.2) is 0 Å². The zero-order chi connectivity index (χ0) is 11.8. The Hall–Kier alpha value is -0.650. The fourth-order valence-electron chi connectivity index (χ4n) is 1.73. The van der Waals surface area contributed by atoms with Crippen LogP contribution in [-0.4, -0.2) is 50.6 Å². The first-order valence-electron chi connectivity index (χ1n) is 5.76. The summed E-state index contributed by atoms with van der Waals surface area (Å²) < 4.78 is 10.0. The first-order valence-corrected chi connectivity index (χ1v) is 5.76. The van der Waals surface area contributed by atoms with Crippen LogP contribution in [0.1, 0.15) is 19.3 Å². The summed E-state index contributed by atoms with van der Waals surface area (Å²) in [6.45, 7) is 2.07. The van der Waals surface area contributed by atoms with Crippen molar-refractivity contribution in [3.8, 4) is 0 Å². The van der Waals surface area contributed by atoms with Gasteiger partial charge in [-0.2, -0.15) is 0 Å². The van der Waals surface area contributed by atoms with Crippen LogP contribution in [0.2, 0.25) is 0 Å². The fourth-order valence-corrected chi connectivity index (χ4v) is 1.73. The SMILES string of the molecule is COCC(O)CCNC(=O)C1CCCOC1. The van der Waals surface area contributed by atoms with Crippen molar-refractivity contribution in [3.05, 3.63) is 0 Å². The second-order valence-electron chi connectivity index (χ2n) is 4.10. The topological polar surface area (TPSA) is 67.8 Å². The molecule has 16 heavy (non-hydrogen) atoms. The van der Waals surface area contributed by atoms with Gasteiger partial charge in [-0.15, -0.1) is 0 Å². The number of aliphatic hydroxyl groups is 1. The van der Waals surface area contributed by atoms with E-state index in [1.807, 2.05) is 0 Å². The molecule has 1 rings (SSSR count). The number of methoxy groups -OCH3 is 1. The first kappa shape index (κ1) is 13.4. The van der Waals surface area contributed by atoms with E-state index in [4.69, 9.17) is 9.47 Å². The third-order valence-corrected chi connectivity index (χ3v) is 2.67. The van der Waals surface area contributed by atoms with Crippen molar-refractivity contribution in [3.63, 3.8) is 0 Å². The molecule has 1 aliphatic heterocycles. The minimum atomic E-state index is -0.507. The second kappa shape index (κ2) is 7.60. The van der Waals surface area contributed by atoms with Crippen molar-refractivity contribution in [2.45, 2.75) is 25.4 Å². The van der Waals surface area contributed by atoms with Gasteiger partial charge in [-0.3, -0.25) is 4.79 Å². The van der Waals surface area contributed by atoms with Crippen LogP contribution in [-0.2, 0) is 14.3 Å². The quantitative estimate of drug-likeness (QED) is 0.671. The van der Waals surface area contributed by atoms with Crippen molar-refractivity contribution in [2.75, 3.05) is 33.5 Å². The number of rotatable bonds is 6. The van der Waals surface area contributed by atoms with Crippen molar-refractivity contribution in [1.29, 1.82) is 0 Å². The van der Waals surface area contributed by atoms with E-state index in [0.717, 1.165) is 19.4 Å². The average Bonchev–Trinajstić information content (AvgIpc) is 2.30. The van der Waals surface area contributed by atoms with Gasteiger partial charge >= 0.3 is 0 Å². The van der Waals surface area contributed by atoms with Crippen LogP contribution in [0.25, 0.3) is 0 Å². The molecule has 1 fully saturated rings. The van der Waals surface area contributed by atoms with Crippen LogP contribution < -0.4 is 5.32 Å². The highest BCUT2D eigenvalue weighted by atomic mass is 16.5. The van der Waals surface area contributed by atoms with Gasteiger partial charge in [0.1, 0.15) is 0 Å². The van der Waals surface area contributed by atoms with Crippen LogP contribution in [0.15, 0.2) is 0 Å². The smallest absolute Gasteiger partial charge is 0.225 e. The Morgan fingerprint density at radius 1 is 1.69 bits per heavy atom. The van der Waals surface area contributed by atoms with Gasteiger partial charge in [0.2, 0.25) is 5.91 Å².